The number of alkyl halides is 5. The predicted molar refractivity (Wildman–Crippen MR) is 142 cm³/mol. The Labute approximate surface area is 240 Å². The Bertz CT molecular complexity index is 2020. The summed E-state index contributed by atoms with van der Waals surface area (Å²) in [6.45, 7) is -2.94. The Morgan fingerprint density at radius 1 is 1.00 bits per heavy atom. The number of halogens is 8. The molecule has 0 aliphatic carbocycles. The number of amides is 1. The highest BCUT2D eigenvalue weighted by Gasteiger charge is 2.39. The van der Waals surface area contributed by atoms with Crippen LogP contribution in [-0.4, -0.2) is 31.9 Å². The van der Waals surface area contributed by atoms with Crippen LogP contribution in [0.25, 0.3) is 21.8 Å². The summed E-state index contributed by atoms with van der Waals surface area (Å²) in [5.74, 6) is -3.16. The van der Waals surface area contributed by atoms with Gasteiger partial charge < -0.3 is 10.6 Å². The lowest BCUT2D eigenvalue weighted by Crippen LogP contribution is -2.24. The van der Waals surface area contributed by atoms with E-state index in [1.807, 2.05) is 0 Å². The van der Waals surface area contributed by atoms with Gasteiger partial charge in [-0.2, -0.15) is 18.3 Å². The van der Waals surface area contributed by atoms with E-state index >= 15 is 0 Å². The fourth-order valence-electron chi connectivity index (χ4n) is 5.39. The topological polar surface area (TPSA) is 93.8 Å². The average Bonchev–Trinajstić information content (AvgIpc) is 3.43. The van der Waals surface area contributed by atoms with E-state index in [0.717, 1.165) is 29.0 Å². The summed E-state index contributed by atoms with van der Waals surface area (Å²) >= 11 is 6.34. The molecule has 222 valence electrons. The van der Waals surface area contributed by atoms with Crippen LogP contribution >= 0.6 is 11.6 Å². The average molecular weight is 625 g/mol. The number of nitrogens with one attached hydrogen (secondary N) is 2. The van der Waals surface area contributed by atoms with Gasteiger partial charge >= 0.3 is 11.9 Å². The summed E-state index contributed by atoms with van der Waals surface area (Å²) in [4.78, 5) is 26.4. The Kier molecular flexibility index (Phi) is 6.79. The standard InChI is InChI=1S/C27H16ClF7N6O2/c28-17-2-1-11(31)5-14(17)22-20-18(37-24-13-6-12(32)7-16(27(33,34)35)15(13)9-36-39-24)8-19-23(21(20)25(42)38-22)41(10-30)26(43)40(19)4-3-29/h1-2,5-9,22H,3-4,10H2,(H,37,39)(H,38,42). The Balaban J connectivity index is 1.68. The van der Waals surface area contributed by atoms with Crippen molar-refractivity contribution in [2.75, 3.05) is 12.0 Å². The highest BCUT2D eigenvalue weighted by atomic mass is 35.5. The Morgan fingerprint density at radius 2 is 1.77 bits per heavy atom. The van der Waals surface area contributed by atoms with Crippen LogP contribution in [0.5, 0.6) is 0 Å². The Morgan fingerprint density at radius 3 is 2.47 bits per heavy atom. The first-order valence-corrected chi connectivity index (χ1v) is 12.8. The summed E-state index contributed by atoms with van der Waals surface area (Å²) in [7, 11) is 0. The maximum absolute atomic E-state index is 14.4. The minimum absolute atomic E-state index is 0.00384. The monoisotopic (exact) mass is 624 g/mol. The van der Waals surface area contributed by atoms with Crippen LogP contribution in [0, 0.1) is 11.6 Å². The summed E-state index contributed by atoms with van der Waals surface area (Å²) in [6, 6.07) is 4.46. The van der Waals surface area contributed by atoms with Gasteiger partial charge in [-0.15, -0.1) is 5.10 Å². The molecule has 43 heavy (non-hydrogen) atoms. The minimum Gasteiger partial charge on any atom is -0.341 e. The smallest absolute Gasteiger partial charge is 0.341 e. The van der Waals surface area contributed by atoms with Crippen molar-refractivity contribution in [2.45, 2.75) is 25.6 Å². The quantitative estimate of drug-likeness (QED) is 0.221. The zero-order valence-corrected chi connectivity index (χ0v) is 22.1. The van der Waals surface area contributed by atoms with Gasteiger partial charge in [0, 0.05) is 32.6 Å². The number of rotatable bonds is 6. The molecule has 2 aromatic heterocycles. The number of aromatic nitrogens is 4. The van der Waals surface area contributed by atoms with Crippen LogP contribution in [0.3, 0.4) is 0 Å². The van der Waals surface area contributed by atoms with E-state index in [2.05, 4.69) is 20.8 Å². The highest BCUT2D eigenvalue weighted by Crippen LogP contribution is 2.44. The van der Waals surface area contributed by atoms with E-state index in [1.165, 1.54) is 12.1 Å². The van der Waals surface area contributed by atoms with Gasteiger partial charge in [0.1, 0.15) is 18.3 Å². The number of nitrogens with zero attached hydrogens (tertiary/aromatic N) is 4. The second-order valence-corrected chi connectivity index (χ2v) is 9.96. The van der Waals surface area contributed by atoms with E-state index in [1.54, 1.807) is 0 Å². The molecule has 1 amide bonds. The molecule has 3 heterocycles. The third kappa shape index (κ3) is 4.54. The van der Waals surface area contributed by atoms with Crippen LogP contribution in [0.2, 0.25) is 5.02 Å². The van der Waals surface area contributed by atoms with Gasteiger partial charge in [0.2, 0.25) is 0 Å². The zero-order chi connectivity index (χ0) is 30.8. The maximum Gasteiger partial charge on any atom is 0.417 e. The van der Waals surface area contributed by atoms with Gasteiger partial charge in [0.15, 0.2) is 12.6 Å². The first kappa shape index (κ1) is 28.5. The summed E-state index contributed by atoms with van der Waals surface area (Å²) < 4.78 is 99.1. The second kappa shape index (κ2) is 10.3. The molecule has 3 aromatic carbocycles. The van der Waals surface area contributed by atoms with Gasteiger partial charge in [0.25, 0.3) is 5.91 Å². The molecule has 1 unspecified atom stereocenters. The largest absolute Gasteiger partial charge is 0.417 e. The molecule has 1 atom stereocenters. The number of anilines is 2. The van der Waals surface area contributed by atoms with Crippen molar-refractivity contribution in [1.82, 2.24) is 24.6 Å². The van der Waals surface area contributed by atoms with E-state index in [9.17, 15) is 40.3 Å². The molecule has 0 saturated carbocycles. The molecule has 2 N–H and O–H groups in total. The number of aryl methyl sites for hydroxylation is 1. The molecule has 0 bridgehead atoms. The number of fused-ring (bicyclic) bond motifs is 4. The minimum atomic E-state index is -4.95. The van der Waals surface area contributed by atoms with Crippen LogP contribution in [0.1, 0.15) is 33.1 Å². The lowest BCUT2D eigenvalue weighted by Gasteiger charge is -2.19. The van der Waals surface area contributed by atoms with Gasteiger partial charge in [0.05, 0.1) is 40.9 Å². The summed E-state index contributed by atoms with van der Waals surface area (Å²) in [5, 5.41) is 12.0. The zero-order valence-electron chi connectivity index (χ0n) is 21.4. The molecule has 0 radical (unpaired) electrons. The number of hydrogen-bond acceptors (Lipinski definition) is 5. The molecule has 5 aromatic rings. The molecule has 8 nitrogen and oxygen atoms in total. The molecule has 0 fully saturated rings. The highest BCUT2D eigenvalue weighted by molar-refractivity contribution is 6.31. The first-order valence-electron chi connectivity index (χ1n) is 12.4. The molecule has 0 saturated heterocycles. The normalized spacial score (nSPS) is 14.9. The molecule has 16 heteroatoms. The van der Waals surface area contributed by atoms with Crippen molar-refractivity contribution in [3.63, 3.8) is 0 Å². The van der Waals surface area contributed by atoms with Crippen LogP contribution in [-0.2, 0) is 19.5 Å². The van der Waals surface area contributed by atoms with E-state index in [4.69, 9.17) is 11.6 Å². The molecule has 6 rings (SSSR count). The SMILES string of the molecule is O=C1NC(c2cc(F)ccc2Cl)c2c(Nc3nncc4c(C(F)(F)F)cc(F)cc34)cc3c(c21)n(CF)c(=O)n3CCF. The van der Waals surface area contributed by atoms with Crippen LogP contribution < -0.4 is 16.3 Å². The molecule has 1 aliphatic heterocycles. The van der Waals surface area contributed by atoms with E-state index < -0.39 is 66.4 Å². The van der Waals surface area contributed by atoms with Crippen molar-refractivity contribution >= 4 is 50.8 Å². The van der Waals surface area contributed by atoms with Gasteiger partial charge in [-0.1, -0.05) is 11.6 Å². The van der Waals surface area contributed by atoms with Gasteiger partial charge in [-0.25, -0.2) is 22.4 Å². The van der Waals surface area contributed by atoms with Crippen molar-refractivity contribution in [1.29, 1.82) is 0 Å². The van der Waals surface area contributed by atoms with Gasteiger partial charge in [-0.3, -0.25) is 13.9 Å². The number of carbonyl (C=O) groups is 1. The van der Waals surface area contributed by atoms with E-state index in [-0.39, 0.29) is 49.6 Å². The van der Waals surface area contributed by atoms with Crippen molar-refractivity contribution < 1.29 is 35.5 Å². The fourth-order valence-corrected chi connectivity index (χ4v) is 5.62. The third-order valence-electron chi connectivity index (χ3n) is 7.13. The van der Waals surface area contributed by atoms with Crippen LogP contribution in [0.4, 0.5) is 42.2 Å². The molecule has 0 spiro atoms. The molecule has 1 aliphatic rings. The molecular formula is C27H16ClF7N6O2. The third-order valence-corrected chi connectivity index (χ3v) is 7.48. The predicted octanol–water partition coefficient (Wildman–Crippen LogP) is 6.17. The van der Waals surface area contributed by atoms with Crippen LogP contribution in [0.15, 0.2) is 47.4 Å². The lowest BCUT2D eigenvalue weighted by molar-refractivity contribution is -0.136. The summed E-state index contributed by atoms with van der Waals surface area (Å²) in [5.41, 5.74) is -2.89. The van der Waals surface area contributed by atoms with Gasteiger partial charge in [-0.05, 0) is 36.4 Å². The molecular weight excluding hydrogens is 609 g/mol. The lowest BCUT2D eigenvalue weighted by atomic mass is 9.95. The number of hydrogen-bond donors (Lipinski definition) is 2. The van der Waals surface area contributed by atoms with Crippen molar-refractivity contribution in [3.05, 3.63) is 92.0 Å². The first-order chi connectivity index (χ1) is 20.4. The number of carbonyl (C=O) groups excluding carboxylic acids is 1. The number of imidazole rings is 1. The van der Waals surface area contributed by atoms with E-state index in [0.29, 0.717) is 10.6 Å². The number of benzene rings is 3. The fraction of sp³-hybridized carbons (Fsp3) is 0.185. The van der Waals surface area contributed by atoms with Crippen molar-refractivity contribution in [3.8, 4) is 0 Å². The maximum atomic E-state index is 14.4. The summed E-state index contributed by atoms with van der Waals surface area (Å²) in [6.07, 6.45) is -4.15. The second-order valence-electron chi connectivity index (χ2n) is 9.55. The Hall–Kier alpha value is -4.66. The van der Waals surface area contributed by atoms with Crippen molar-refractivity contribution in [2.24, 2.45) is 0 Å².